The zero-order valence-corrected chi connectivity index (χ0v) is 12.9. The van der Waals surface area contributed by atoms with Gasteiger partial charge in [0.25, 0.3) is 0 Å². The Balaban J connectivity index is 2.25. The van der Waals surface area contributed by atoms with Gasteiger partial charge in [-0.05, 0) is 26.0 Å². The third-order valence-electron chi connectivity index (χ3n) is 3.03. The van der Waals surface area contributed by atoms with Gasteiger partial charge in [0.15, 0.2) is 0 Å². The van der Waals surface area contributed by atoms with Crippen LogP contribution in [0, 0.1) is 13.8 Å². The second-order valence-corrected chi connectivity index (χ2v) is 6.21. The Hall–Kier alpha value is -1.46. The van der Waals surface area contributed by atoms with Crippen LogP contribution in [0.4, 0.5) is 5.69 Å². The van der Waals surface area contributed by atoms with Crippen LogP contribution in [0.2, 0.25) is 0 Å². The molecule has 0 spiro atoms. The number of benzene rings is 1. The van der Waals surface area contributed by atoms with E-state index in [1.807, 2.05) is 38.2 Å². The highest BCUT2D eigenvalue weighted by atomic mass is 32.1. The van der Waals surface area contributed by atoms with Gasteiger partial charge in [0, 0.05) is 23.2 Å². The molecule has 0 aliphatic carbocycles. The number of thiazole rings is 1. The quantitative estimate of drug-likeness (QED) is 0.879. The summed E-state index contributed by atoms with van der Waals surface area (Å²) < 4.78 is 0. The number of hydrogen-bond acceptors (Lipinski definition) is 4. The minimum atomic E-state index is 0.425. The Morgan fingerprint density at radius 1 is 1.37 bits per heavy atom. The smallest absolute Gasteiger partial charge is 0.112 e. The van der Waals surface area contributed by atoms with Gasteiger partial charge >= 0.3 is 0 Å². The molecule has 3 nitrogen and oxygen atoms in total. The van der Waals surface area contributed by atoms with Crippen molar-refractivity contribution in [2.24, 2.45) is 5.73 Å². The van der Waals surface area contributed by atoms with E-state index in [4.69, 9.17) is 18.0 Å². The van der Waals surface area contributed by atoms with E-state index in [0.717, 1.165) is 28.5 Å². The Labute approximate surface area is 123 Å². The van der Waals surface area contributed by atoms with Crippen molar-refractivity contribution in [3.05, 3.63) is 45.4 Å². The lowest BCUT2D eigenvalue weighted by molar-refractivity contribution is 0.903. The van der Waals surface area contributed by atoms with Crippen LogP contribution in [0.1, 0.15) is 21.1 Å². The molecule has 1 heterocycles. The van der Waals surface area contributed by atoms with Gasteiger partial charge in [0.05, 0.1) is 12.2 Å². The zero-order chi connectivity index (χ0) is 14.0. The lowest BCUT2D eigenvalue weighted by atomic mass is 10.1. The molecule has 1 aromatic heterocycles. The monoisotopic (exact) mass is 291 g/mol. The first-order valence-electron chi connectivity index (χ1n) is 6.02. The van der Waals surface area contributed by atoms with E-state index in [1.54, 1.807) is 11.3 Å². The number of hydrogen-bond donors (Lipinski definition) is 1. The minimum absolute atomic E-state index is 0.425. The number of aromatic nitrogens is 1. The van der Waals surface area contributed by atoms with Gasteiger partial charge in [-0.25, -0.2) is 4.98 Å². The highest BCUT2D eigenvalue weighted by Gasteiger charge is 2.11. The molecule has 0 saturated carbocycles. The Morgan fingerprint density at radius 3 is 2.63 bits per heavy atom. The third-order valence-corrected chi connectivity index (χ3v) is 4.30. The molecule has 2 rings (SSSR count). The molecule has 1 aromatic carbocycles. The molecule has 0 atom stereocenters. The van der Waals surface area contributed by atoms with Crippen LogP contribution in [-0.2, 0) is 6.54 Å². The van der Waals surface area contributed by atoms with E-state index >= 15 is 0 Å². The van der Waals surface area contributed by atoms with E-state index in [2.05, 4.69) is 16.8 Å². The average Bonchev–Trinajstić information content (AvgIpc) is 2.68. The molecule has 0 aliphatic heterocycles. The van der Waals surface area contributed by atoms with Crippen LogP contribution >= 0.6 is 23.6 Å². The van der Waals surface area contributed by atoms with Gasteiger partial charge in [-0.15, -0.1) is 11.3 Å². The molecule has 0 saturated heterocycles. The molecule has 2 N–H and O–H groups in total. The van der Waals surface area contributed by atoms with Gasteiger partial charge in [-0.3, -0.25) is 0 Å². The number of nitrogens with two attached hydrogens (primary N) is 1. The molecular formula is C14H17N3S2. The summed E-state index contributed by atoms with van der Waals surface area (Å²) in [6.07, 6.45) is 0. The van der Waals surface area contributed by atoms with Crippen LogP contribution in [0.15, 0.2) is 24.3 Å². The molecular weight excluding hydrogens is 274 g/mol. The summed E-state index contributed by atoms with van der Waals surface area (Å²) in [5.41, 5.74) is 8.82. The predicted octanol–water partition coefficient (Wildman–Crippen LogP) is 3.03. The number of para-hydroxylation sites is 1. The van der Waals surface area contributed by atoms with E-state index in [0.29, 0.717) is 4.99 Å². The molecule has 2 aromatic rings. The van der Waals surface area contributed by atoms with Gasteiger partial charge in [-0.1, -0.05) is 24.4 Å². The fourth-order valence-electron chi connectivity index (χ4n) is 1.91. The molecule has 0 amide bonds. The summed E-state index contributed by atoms with van der Waals surface area (Å²) >= 11 is 6.83. The summed E-state index contributed by atoms with van der Waals surface area (Å²) in [4.78, 5) is 8.39. The molecule has 0 unspecified atom stereocenters. The van der Waals surface area contributed by atoms with Crippen molar-refractivity contribution in [3.63, 3.8) is 0 Å². The summed E-state index contributed by atoms with van der Waals surface area (Å²) in [5.74, 6) is 0. The number of aryl methyl sites for hydroxylation is 2. The van der Waals surface area contributed by atoms with Crippen molar-refractivity contribution in [3.8, 4) is 0 Å². The van der Waals surface area contributed by atoms with Crippen LogP contribution in [0.3, 0.4) is 0 Å². The average molecular weight is 291 g/mol. The molecule has 19 heavy (non-hydrogen) atoms. The van der Waals surface area contributed by atoms with E-state index in [-0.39, 0.29) is 0 Å². The number of rotatable bonds is 4. The first kappa shape index (κ1) is 14.0. The van der Waals surface area contributed by atoms with Crippen LogP contribution in [-0.4, -0.2) is 17.0 Å². The lowest BCUT2D eigenvalue weighted by Crippen LogP contribution is -2.21. The van der Waals surface area contributed by atoms with Crippen molar-refractivity contribution in [1.29, 1.82) is 0 Å². The van der Waals surface area contributed by atoms with Crippen LogP contribution in [0.25, 0.3) is 0 Å². The van der Waals surface area contributed by atoms with Gasteiger partial charge in [0.1, 0.15) is 10.00 Å². The first-order valence-corrected chi connectivity index (χ1v) is 7.24. The second kappa shape index (κ2) is 5.67. The standard InChI is InChI=1S/C14H17N3S2/c1-9-10(2)19-13(16-9)8-17(3)12-7-5-4-6-11(12)14(15)18/h4-7H,8H2,1-3H3,(H2,15,18). The van der Waals surface area contributed by atoms with Crippen molar-refractivity contribution < 1.29 is 0 Å². The van der Waals surface area contributed by atoms with Gasteiger partial charge < -0.3 is 10.6 Å². The highest BCUT2D eigenvalue weighted by molar-refractivity contribution is 7.80. The molecule has 100 valence electrons. The van der Waals surface area contributed by atoms with Crippen LogP contribution < -0.4 is 10.6 Å². The fraction of sp³-hybridized carbons (Fsp3) is 0.286. The number of anilines is 1. The lowest BCUT2D eigenvalue weighted by Gasteiger charge is -2.20. The van der Waals surface area contributed by atoms with E-state index in [9.17, 15) is 0 Å². The summed E-state index contributed by atoms with van der Waals surface area (Å²) in [6.45, 7) is 4.90. The molecule has 0 aliphatic rings. The fourth-order valence-corrected chi connectivity index (χ4v) is 3.07. The van der Waals surface area contributed by atoms with Gasteiger partial charge in [0.2, 0.25) is 0 Å². The second-order valence-electron chi connectivity index (χ2n) is 4.49. The minimum Gasteiger partial charge on any atom is -0.389 e. The van der Waals surface area contributed by atoms with Crippen molar-refractivity contribution in [2.45, 2.75) is 20.4 Å². The largest absolute Gasteiger partial charge is 0.389 e. The highest BCUT2D eigenvalue weighted by Crippen LogP contribution is 2.23. The van der Waals surface area contributed by atoms with Gasteiger partial charge in [-0.2, -0.15) is 0 Å². The van der Waals surface area contributed by atoms with E-state index in [1.165, 1.54) is 4.88 Å². The first-order chi connectivity index (χ1) is 8.99. The molecule has 5 heteroatoms. The summed E-state index contributed by atoms with van der Waals surface area (Å²) in [6, 6.07) is 7.92. The van der Waals surface area contributed by atoms with E-state index < -0.39 is 0 Å². The van der Waals surface area contributed by atoms with Crippen molar-refractivity contribution in [2.75, 3.05) is 11.9 Å². The third kappa shape index (κ3) is 3.11. The van der Waals surface area contributed by atoms with Crippen molar-refractivity contribution in [1.82, 2.24) is 4.98 Å². The normalized spacial score (nSPS) is 10.5. The summed E-state index contributed by atoms with van der Waals surface area (Å²) in [5, 5.41) is 1.11. The van der Waals surface area contributed by atoms with Crippen molar-refractivity contribution >= 4 is 34.2 Å². The zero-order valence-electron chi connectivity index (χ0n) is 11.3. The molecule has 0 fully saturated rings. The SMILES string of the molecule is Cc1nc(CN(C)c2ccccc2C(N)=S)sc1C. The predicted molar refractivity (Wildman–Crippen MR) is 86.0 cm³/mol. The maximum Gasteiger partial charge on any atom is 0.112 e. The Bertz CT molecular complexity index is 585. The number of nitrogens with zero attached hydrogens (tertiary/aromatic N) is 2. The molecule has 0 bridgehead atoms. The topological polar surface area (TPSA) is 42.2 Å². The maximum atomic E-state index is 5.77. The molecule has 0 radical (unpaired) electrons. The maximum absolute atomic E-state index is 5.77. The number of thiocarbonyl (C=S) groups is 1. The Morgan fingerprint density at radius 2 is 2.05 bits per heavy atom. The van der Waals surface area contributed by atoms with Crippen LogP contribution in [0.5, 0.6) is 0 Å². The summed E-state index contributed by atoms with van der Waals surface area (Å²) in [7, 11) is 2.03. The Kier molecular flexibility index (Phi) is 4.17.